The fourth-order valence-corrected chi connectivity index (χ4v) is 1.87. The maximum Gasteiger partial charge on any atom is 0.287 e. The summed E-state index contributed by atoms with van der Waals surface area (Å²) >= 11 is 5.74. The van der Waals surface area contributed by atoms with Crippen LogP contribution in [-0.2, 0) is 4.74 Å². The summed E-state index contributed by atoms with van der Waals surface area (Å²) in [6, 6.07) is 3.39. The van der Waals surface area contributed by atoms with Gasteiger partial charge in [0.1, 0.15) is 5.02 Å². The SMILES string of the molecule is COCC(CCO)NC(=O)c1ccc([N+](=O)[O-])c(Cl)c1. The molecule has 1 amide bonds. The van der Waals surface area contributed by atoms with Gasteiger partial charge in [0.2, 0.25) is 0 Å². The second-order valence-electron chi connectivity index (χ2n) is 4.06. The van der Waals surface area contributed by atoms with Gasteiger partial charge in [-0.25, -0.2) is 0 Å². The standard InChI is InChI=1S/C12H15ClN2O5/c1-20-7-9(4-5-16)14-12(17)8-2-3-11(15(18)19)10(13)6-8/h2-3,6,9,16H,4-5,7H2,1H3,(H,14,17). The molecule has 1 aromatic rings. The van der Waals surface area contributed by atoms with Crippen LogP contribution in [0.1, 0.15) is 16.8 Å². The molecule has 0 fully saturated rings. The highest BCUT2D eigenvalue weighted by atomic mass is 35.5. The molecule has 1 aromatic carbocycles. The van der Waals surface area contributed by atoms with Gasteiger partial charge in [0, 0.05) is 25.3 Å². The van der Waals surface area contributed by atoms with Crippen molar-refractivity contribution in [2.45, 2.75) is 12.5 Å². The number of carbonyl (C=O) groups excluding carboxylic acids is 1. The Morgan fingerprint density at radius 1 is 1.60 bits per heavy atom. The van der Waals surface area contributed by atoms with Gasteiger partial charge in [-0.15, -0.1) is 0 Å². The van der Waals surface area contributed by atoms with E-state index in [2.05, 4.69) is 5.32 Å². The Kier molecular flexibility index (Phi) is 6.37. The third-order valence-corrected chi connectivity index (χ3v) is 2.89. The van der Waals surface area contributed by atoms with Crippen molar-refractivity contribution in [2.24, 2.45) is 0 Å². The lowest BCUT2D eigenvalue weighted by Crippen LogP contribution is -2.38. The fraction of sp³-hybridized carbons (Fsp3) is 0.417. The minimum atomic E-state index is -0.622. The maximum absolute atomic E-state index is 12.0. The number of nitro benzene ring substituents is 1. The Morgan fingerprint density at radius 2 is 2.30 bits per heavy atom. The quantitative estimate of drug-likeness (QED) is 0.585. The van der Waals surface area contributed by atoms with E-state index >= 15 is 0 Å². The first kappa shape index (κ1) is 16.4. The van der Waals surface area contributed by atoms with Gasteiger partial charge in [-0.3, -0.25) is 14.9 Å². The van der Waals surface area contributed by atoms with Gasteiger partial charge in [-0.1, -0.05) is 11.6 Å². The summed E-state index contributed by atoms with van der Waals surface area (Å²) in [4.78, 5) is 22.0. The molecule has 1 unspecified atom stereocenters. The minimum absolute atomic E-state index is 0.0880. The molecule has 20 heavy (non-hydrogen) atoms. The maximum atomic E-state index is 12.0. The van der Waals surface area contributed by atoms with E-state index in [0.717, 1.165) is 0 Å². The summed E-state index contributed by atoms with van der Waals surface area (Å²) in [6.45, 7) is 0.169. The van der Waals surface area contributed by atoms with Crippen molar-refractivity contribution in [2.75, 3.05) is 20.3 Å². The molecule has 7 nitrogen and oxygen atoms in total. The van der Waals surface area contributed by atoms with Gasteiger partial charge in [-0.05, 0) is 18.6 Å². The van der Waals surface area contributed by atoms with E-state index in [9.17, 15) is 14.9 Å². The van der Waals surface area contributed by atoms with Crippen molar-refractivity contribution < 1.29 is 19.6 Å². The number of halogens is 1. The van der Waals surface area contributed by atoms with Gasteiger partial charge in [-0.2, -0.15) is 0 Å². The largest absolute Gasteiger partial charge is 0.396 e. The van der Waals surface area contributed by atoms with Crippen LogP contribution in [0.4, 0.5) is 5.69 Å². The van der Waals surface area contributed by atoms with E-state index in [0.29, 0.717) is 6.42 Å². The topological polar surface area (TPSA) is 102 Å². The molecule has 0 heterocycles. The zero-order chi connectivity index (χ0) is 15.1. The molecule has 0 aliphatic rings. The highest BCUT2D eigenvalue weighted by molar-refractivity contribution is 6.33. The zero-order valence-electron chi connectivity index (χ0n) is 10.8. The second-order valence-corrected chi connectivity index (χ2v) is 4.47. The van der Waals surface area contributed by atoms with E-state index < -0.39 is 10.8 Å². The lowest BCUT2D eigenvalue weighted by molar-refractivity contribution is -0.384. The molecule has 1 atom stereocenters. The summed E-state index contributed by atoms with van der Waals surface area (Å²) in [5, 5.41) is 22.1. The number of hydrogen-bond donors (Lipinski definition) is 2. The highest BCUT2D eigenvalue weighted by Crippen LogP contribution is 2.24. The predicted octanol–water partition coefficient (Wildman–Crippen LogP) is 1.38. The van der Waals surface area contributed by atoms with E-state index in [4.69, 9.17) is 21.4 Å². The van der Waals surface area contributed by atoms with E-state index in [1.54, 1.807) is 0 Å². The van der Waals surface area contributed by atoms with Crippen LogP contribution in [0.2, 0.25) is 5.02 Å². The van der Waals surface area contributed by atoms with Crippen LogP contribution in [0.3, 0.4) is 0 Å². The summed E-state index contributed by atoms with van der Waals surface area (Å²) in [6.07, 6.45) is 0.348. The fourth-order valence-electron chi connectivity index (χ4n) is 1.62. The summed E-state index contributed by atoms with van der Waals surface area (Å²) in [5.74, 6) is -0.433. The first-order chi connectivity index (χ1) is 9.49. The first-order valence-corrected chi connectivity index (χ1v) is 6.22. The number of nitrogens with zero attached hydrogens (tertiary/aromatic N) is 1. The molecule has 0 aromatic heterocycles. The van der Waals surface area contributed by atoms with Crippen molar-refractivity contribution in [3.8, 4) is 0 Å². The van der Waals surface area contributed by atoms with Gasteiger partial charge in [0.05, 0.1) is 17.6 Å². The number of nitro groups is 1. The van der Waals surface area contributed by atoms with Crippen molar-refractivity contribution in [1.82, 2.24) is 5.32 Å². The van der Waals surface area contributed by atoms with Crippen molar-refractivity contribution in [1.29, 1.82) is 0 Å². The molecule has 110 valence electrons. The van der Waals surface area contributed by atoms with Crippen LogP contribution >= 0.6 is 11.6 Å². The number of methoxy groups -OCH3 is 1. The lowest BCUT2D eigenvalue weighted by atomic mass is 10.1. The van der Waals surface area contributed by atoms with Crippen LogP contribution in [-0.4, -0.2) is 42.3 Å². The van der Waals surface area contributed by atoms with Crippen LogP contribution in [0.25, 0.3) is 0 Å². The molecule has 0 radical (unpaired) electrons. The number of ether oxygens (including phenoxy) is 1. The van der Waals surface area contributed by atoms with E-state index in [-0.39, 0.29) is 35.5 Å². The number of benzene rings is 1. The van der Waals surface area contributed by atoms with Crippen LogP contribution in [0.15, 0.2) is 18.2 Å². The molecular formula is C12H15ClN2O5. The second kappa shape index (κ2) is 7.78. The number of carbonyl (C=O) groups is 1. The molecule has 0 aliphatic heterocycles. The monoisotopic (exact) mass is 302 g/mol. The van der Waals surface area contributed by atoms with Crippen molar-refractivity contribution >= 4 is 23.2 Å². The smallest absolute Gasteiger partial charge is 0.287 e. The number of aliphatic hydroxyl groups excluding tert-OH is 1. The van der Waals surface area contributed by atoms with Gasteiger partial charge in [0.25, 0.3) is 11.6 Å². The van der Waals surface area contributed by atoms with Crippen LogP contribution in [0, 0.1) is 10.1 Å². The summed E-state index contributed by atoms with van der Waals surface area (Å²) in [5.41, 5.74) is -0.0494. The van der Waals surface area contributed by atoms with Crippen LogP contribution < -0.4 is 5.32 Å². The third-order valence-electron chi connectivity index (χ3n) is 2.59. The Hall–Kier alpha value is -1.70. The summed E-state index contributed by atoms with van der Waals surface area (Å²) < 4.78 is 4.93. The average molecular weight is 303 g/mol. The number of rotatable bonds is 7. The third kappa shape index (κ3) is 4.44. The normalized spacial score (nSPS) is 11.9. The molecule has 0 saturated heterocycles. The first-order valence-electron chi connectivity index (χ1n) is 5.84. The summed E-state index contributed by atoms with van der Waals surface area (Å²) in [7, 11) is 1.49. The number of amides is 1. The van der Waals surface area contributed by atoms with E-state index in [1.807, 2.05) is 0 Å². The Bertz CT molecular complexity index is 489. The molecule has 0 bridgehead atoms. The molecule has 2 N–H and O–H groups in total. The molecule has 8 heteroatoms. The Morgan fingerprint density at radius 3 is 2.80 bits per heavy atom. The van der Waals surface area contributed by atoms with Crippen molar-refractivity contribution in [3.05, 3.63) is 38.9 Å². The molecule has 0 aliphatic carbocycles. The Balaban J connectivity index is 2.81. The zero-order valence-corrected chi connectivity index (χ0v) is 11.6. The molecule has 1 rings (SSSR count). The predicted molar refractivity (Wildman–Crippen MR) is 72.9 cm³/mol. The van der Waals surface area contributed by atoms with Gasteiger partial charge < -0.3 is 15.2 Å². The van der Waals surface area contributed by atoms with Crippen molar-refractivity contribution in [3.63, 3.8) is 0 Å². The minimum Gasteiger partial charge on any atom is -0.396 e. The van der Waals surface area contributed by atoms with Gasteiger partial charge >= 0.3 is 0 Å². The number of aliphatic hydroxyl groups is 1. The molecule has 0 saturated carbocycles. The highest BCUT2D eigenvalue weighted by Gasteiger charge is 2.17. The Labute approximate surface area is 120 Å². The van der Waals surface area contributed by atoms with Gasteiger partial charge in [0.15, 0.2) is 0 Å². The van der Waals surface area contributed by atoms with Crippen LogP contribution in [0.5, 0.6) is 0 Å². The number of hydrogen-bond acceptors (Lipinski definition) is 5. The number of nitrogens with one attached hydrogen (secondary N) is 1. The lowest BCUT2D eigenvalue weighted by Gasteiger charge is -2.16. The molecule has 0 spiro atoms. The molecular weight excluding hydrogens is 288 g/mol. The van der Waals surface area contributed by atoms with E-state index in [1.165, 1.54) is 25.3 Å². The average Bonchev–Trinajstić information content (AvgIpc) is 2.38.